The van der Waals surface area contributed by atoms with Crippen LogP contribution >= 0.6 is 0 Å². The first-order valence-electron chi connectivity index (χ1n) is 5.35. The third-order valence-corrected chi connectivity index (χ3v) is 2.54. The molecule has 0 N–H and O–H groups in total. The zero-order chi connectivity index (χ0) is 12.4. The molecule has 0 saturated heterocycles. The van der Waals surface area contributed by atoms with Gasteiger partial charge in [0, 0.05) is 25.5 Å². The van der Waals surface area contributed by atoms with E-state index in [0.29, 0.717) is 5.75 Å². The molecule has 1 amide bonds. The van der Waals surface area contributed by atoms with Gasteiger partial charge in [-0.05, 0) is 18.2 Å². The molecule has 1 aromatic heterocycles. The van der Waals surface area contributed by atoms with E-state index < -0.39 is 0 Å². The Balaban J connectivity index is 2.38. The number of carbonyl (C=O) groups excluding carboxylic acids is 1. The summed E-state index contributed by atoms with van der Waals surface area (Å²) in [6.45, 7) is 0. The van der Waals surface area contributed by atoms with E-state index in [4.69, 9.17) is 4.74 Å². The van der Waals surface area contributed by atoms with Crippen LogP contribution in [-0.4, -0.2) is 25.1 Å². The Morgan fingerprint density at radius 2 is 2.06 bits per heavy atom. The highest BCUT2D eigenvalue weighted by atomic mass is 16.6. The van der Waals surface area contributed by atoms with Crippen LogP contribution in [0.4, 0.5) is 4.79 Å². The van der Waals surface area contributed by atoms with Gasteiger partial charge in [-0.3, -0.25) is 0 Å². The summed E-state index contributed by atoms with van der Waals surface area (Å²) in [5.41, 5.74) is 1.02. The van der Waals surface area contributed by atoms with Crippen molar-refractivity contribution in [2.75, 3.05) is 14.1 Å². The molecule has 4 nitrogen and oxygen atoms in total. The van der Waals surface area contributed by atoms with Gasteiger partial charge in [-0.15, -0.1) is 0 Å². The number of nitrogens with zero attached hydrogens (tertiary/aromatic N) is 2. The molecule has 0 radical (unpaired) electrons. The topological polar surface area (TPSA) is 33.4 Å². The van der Waals surface area contributed by atoms with Gasteiger partial charge >= 0.3 is 6.09 Å². The van der Waals surface area contributed by atoms with Gasteiger partial charge in [-0.2, -0.15) is 0 Å². The summed E-state index contributed by atoms with van der Waals surface area (Å²) in [7, 11) is 5.27. The molecule has 0 aliphatic carbocycles. The number of ether oxygens (including phenoxy) is 1. The average Bonchev–Trinajstić information content (AvgIpc) is 2.30. The number of carbonyl (C=O) groups is 1. The largest absolute Gasteiger partial charge is 0.414 e. The molecular weight excluding hydrogens is 216 g/mol. The third-order valence-electron chi connectivity index (χ3n) is 2.54. The molecule has 2 aromatic rings. The zero-order valence-electron chi connectivity index (χ0n) is 10.2. The normalized spacial score (nSPS) is 10.3. The molecule has 0 aliphatic rings. The second kappa shape index (κ2) is 4.41. The smallest absolute Gasteiger partial charge is 0.410 e. The van der Waals surface area contributed by atoms with Crippen LogP contribution in [0.15, 0.2) is 36.5 Å². The Kier molecular flexibility index (Phi) is 2.95. The van der Waals surface area contributed by atoms with Crippen molar-refractivity contribution >= 4 is 17.0 Å². The Bertz CT molecular complexity index is 564. The Morgan fingerprint density at radius 1 is 1.29 bits per heavy atom. The summed E-state index contributed by atoms with van der Waals surface area (Å²) in [4.78, 5) is 12.8. The van der Waals surface area contributed by atoms with Gasteiger partial charge in [0.25, 0.3) is 0 Å². The first-order valence-corrected chi connectivity index (χ1v) is 5.35. The number of fused-ring (bicyclic) bond motifs is 1. The minimum atomic E-state index is -0.372. The van der Waals surface area contributed by atoms with Gasteiger partial charge < -0.3 is 9.64 Å². The van der Waals surface area contributed by atoms with Crippen molar-refractivity contribution in [1.82, 2.24) is 4.90 Å². The van der Waals surface area contributed by atoms with Gasteiger partial charge in [-0.1, -0.05) is 0 Å². The van der Waals surface area contributed by atoms with Crippen molar-refractivity contribution in [1.29, 1.82) is 0 Å². The average molecular weight is 231 g/mol. The highest BCUT2D eigenvalue weighted by Gasteiger charge is 2.10. The fourth-order valence-corrected chi connectivity index (χ4v) is 1.58. The van der Waals surface area contributed by atoms with Crippen LogP contribution in [0.2, 0.25) is 0 Å². The molecule has 0 atom stereocenters. The summed E-state index contributed by atoms with van der Waals surface area (Å²) >= 11 is 0. The van der Waals surface area contributed by atoms with Crippen molar-refractivity contribution in [3.8, 4) is 5.75 Å². The maximum Gasteiger partial charge on any atom is 0.414 e. The van der Waals surface area contributed by atoms with Crippen molar-refractivity contribution in [2.45, 2.75) is 0 Å². The van der Waals surface area contributed by atoms with Gasteiger partial charge in [0.15, 0.2) is 6.20 Å². The number of hydrogen-bond acceptors (Lipinski definition) is 2. The zero-order valence-corrected chi connectivity index (χ0v) is 10.2. The second-order valence-electron chi connectivity index (χ2n) is 4.10. The van der Waals surface area contributed by atoms with E-state index in [2.05, 4.69) is 0 Å². The van der Waals surface area contributed by atoms with E-state index in [9.17, 15) is 4.79 Å². The van der Waals surface area contributed by atoms with Crippen LogP contribution in [-0.2, 0) is 7.05 Å². The maximum atomic E-state index is 11.4. The van der Waals surface area contributed by atoms with Gasteiger partial charge in [0.05, 0.1) is 6.07 Å². The summed E-state index contributed by atoms with van der Waals surface area (Å²) in [6, 6.07) is 9.59. The summed E-state index contributed by atoms with van der Waals surface area (Å²) in [6.07, 6.45) is 1.59. The minimum absolute atomic E-state index is 0.372. The molecule has 0 unspecified atom stereocenters. The van der Waals surface area contributed by atoms with Crippen LogP contribution in [0.25, 0.3) is 10.9 Å². The molecule has 1 heterocycles. The molecule has 17 heavy (non-hydrogen) atoms. The number of aromatic nitrogens is 1. The van der Waals surface area contributed by atoms with E-state index in [1.807, 2.05) is 42.1 Å². The van der Waals surface area contributed by atoms with Gasteiger partial charge in [0.1, 0.15) is 12.8 Å². The van der Waals surface area contributed by atoms with E-state index in [1.165, 1.54) is 4.90 Å². The molecule has 0 aliphatic heterocycles. The van der Waals surface area contributed by atoms with Crippen LogP contribution in [0.5, 0.6) is 5.75 Å². The molecule has 88 valence electrons. The second-order valence-corrected chi connectivity index (χ2v) is 4.10. The van der Waals surface area contributed by atoms with Gasteiger partial charge in [0.2, 0.25) is 5.52 Å². The highest BCUT2D eigenvalue weighted by molar-refractivity contribution is 5.78. The lowest BCUT2D eigenvalue weighted by Gasteiger charge is -2.10. The van der Waals surface area contributed by atoms with Crippen LogP contribution in [0.1, 0.15) is 0 Å². The number of hydrogen-bond donors (Lipinski definition) is 0. The number of benzene rings is 1. The molecule has 1 aromatic carbocycles. The molecule has 2 rings (SSSR count). The number of pyridine rings is 1. The van der Waals surface area contributed by atoms with Crippen molar-refractivity contribution in [3.63, 3.8) is 0 Å². The van der Waals surface area contributed by atoms with Crippen LogP contribution in [0.3, 0.4) is 0 Å². The first-order chi connectivity index (χ1) is 8.08. The fraction of sp³-hybridized carbons (Fsp3) is 0.231. The van der Waals surface area contributed by atoms with E-state index in [0.717, 1.165) is 10.9 Å². The Labute approximate surface area is 100 Å². The predicted octanol–water partition coefficient (Wildman–Crippen LogP) is 1.72. The molecule has 0 bridgehead atoms. The van der Waals surface area contributed by atoms with Crippen molar-refractivity contribution < 1.29 is 14.1 Å². The standard InChI is InChI=1S/C13H15N2O2/c1-14(2)13(16)17-11-7-6-10-5-4-8-15(3)12(10)9-11/h4-9H,1-3H3/q+1. The van der Waals surface area contributed by atoms with Crippen LogP contribution in [0, 0.1) is 0 Å². The highest BCUT2D eigenvalue weighted by Crippen LogP contribution is 2.18. The number of rotatable bonds is 1. The summed E-state index contributed by atoms with van der Waals surface area (Å²) < 4.78 is 7.20. The van der Waals surface area contributed by atoms with Crippen molar-refractivity contribution in [3.05, 3.63) is 36.5 Å². The quantitative estimate of drug-likeness (QED) is 0.700. The van der Waals surface area contributed by atoms with E-state index >= 15 is 0 Å². The molecular formula is C13H15N2O2+. The summed E-state index contributed by atoms with van der Waals surface area (Å²) in [5.74, 6) is 0.554. The number of aryl methyl sites for hydroxylation is 1. The molecule has 0 fully saturated rings. The maximum absolute atomic E-state index is 11.4. The monoisotopic (exact) mass is 231 g/mol. The van der Waals surface area contributed by atoms with E-state index in [1.54, 1.807) is 20.2 Å². The fourth-order valence-electron chi connectivity index (χ4n) is 1.58. The third kappa shape index (κ3) is 2.36. The minimum Gasteiger partial charge on any atom is -0.410 e. The van der Waals surface area contributed by atoms with Gasteiger partial charge in [-0.25, -0.2) is 9.36 Å². The number of amides is 1. The van der Waals surface area contributed by atoms with Crippen LogP contribution < -0.4 is 9.30 Å². The molecule has 4 heteroatoms. The molecule has 0 spiro atoms. The first kappa shape index (κ1) is 11.4. The Morgan fingerprint density at radius 3 is 2.76 bits per heavy atom. The lowest BCUT2D eigenvalue weighted by molar-refractivity contribution is -0.644. The lowest BCUT2D eigenvalue weighted by atomic mass is 10.2. The Hall–Kier alpha value is -2.10. The predicted molar refractivity (Wildman–Crippen MR) is 64.8 cm³/mol. The lowest BCUT2D eigenvalue weighted by Crippen LogP contribution is -2.28. The van der Waals surface area contributed by atoms with Crippen molar-refractivity contribution in [2.24, 2.45) is 7.05 Å². The van der Waals surface area contributed by atoms with E-state index in [-0.39, 0.29) is 6.09 Å². The summed E-state index contributed by atoms with van der Waals surface area (Å²) in [5, 5.41) is 1.11. The molecule has 0 saturated carbocycles. The SMILES string of the molecule is CN(C)C(=O)Oc1ccc2ccc[n+](C)c2c1.